The predicted molar refractivity (Wildman–Crippen MR) is 75.5 cm³/mol. The first kappa shape index (κ1) is 16.0. The highest BCUT2D eigenvalue weighted by atomic mass is 16.2. The van der Waals surface area contributed by atoms with Crippen molar-refractivity contribution in [2.75, 3.05) is 19.6 Å². The van der Waals surface area contributed by atoms with Crippen LogP contribution in [-0.2, 0) is 9.59 Å². The van der Waals surface area contributed by atoms with Gasteiger partial charge in [-0.25, -0.2) is 0 Å². The Morgan fingerprint density at radius 2 is 1.84 bits per heavy atom. The first-order valence-corrected chi connectivity index (χ1v) is 7.20. The monoisotopic (exact) mass is 269 g/mol. The molecular weight excluding hydrogens is 242 g/mol. The van der Waals surface area contributed by atoms with Crippen LogP contribution in [0.2, 0.25) is 0 Å². The zero-order chi connectivity index (χ0) is 14.6. The molecular formula is C14H27N3O2. The molecule has 1 saturated heterocycles. The molecule has 0 saturated carbocycles. The van der Waals surface area contributed by atoms with Gasteiger partial charge in [0.2, 0.25) is 11.8 Å². The van der Waals surface area contributed by atoms with Gasteiger partial charge in [0.25, 0.3) is 0 Å². The normalized spacial score (nSPS) is 18.5. The van der Waals surface area contributed by atoms with Gasteiger partial charge in [-0.15, -0.1) is 0 Å². The van der Waals surface area contributed by atoms with Crippen molar-refractivity contribution in [2.45, 2.75) is 52.6 Å². The quantitative estimate of drug-likeness (QED) is 0.822. The number of hydrogen-bond acceptors (Lipinski definition) is 3. The third-order valence-electron chi connectivity index (χ3n) is 3.97. The molecule has 0 radical (unpaired) electrons. The zero-order valence-electron chi connectivity index (χ0n) is 12.6. The summed E-state index contributed by atoms with van der Waals surface area (Å²) in [7, 11) is 0. The van der Waals surface area contributed by atoms with Crippen molar-refractivity contribution in [1.82, 2.24) is 9.80 Å². The molecule has 1 aliphatic rings. The highest BCUT2D eigenvalue weighted by Gasteiger charge is 2.30. The van der Waals surface area contributed by atoms with Crippen molar-refractivity contribution < 1.29 is 9.59 Å². The van der Waals surface area contributed by atoms with E-state index in [1.165, 1.54) is 0 Å². The maximum Gasteiger partial charge on any atom is 0.239 e. The Morgan fingerprint density at radius 1 is 1.32 bits per heavy atom. The Hall–Kier alpha value is -1.10. The minimum atomic E-state index is -0.411. The lowest BCUT2D eigenvalue weighted by atomic mass is 9.99. The number of hydrogen-bond donors (Lipinski definition) is 1. The molecule has 2 amide bonds. The Bertz CT molecular complexity index is 323. The Labute approximate surface area is 116 Å². The van der Waals surface area contributed by atoms with Gasteiger partial charge in [-0.2, -0.15) is 0 Å². The van der Waals surface area contributed by atoms with E-state index in [-0.39, 0.29) is 23.8 Å². The molecule has 0 bridgehead atoms. The van der Waals surface area contributed by atoms with Crippen LogP contribution < -0.4 is 5.73 Å². The molecule has 0 aromatic heterocycles. The standard InChI is InChI=1S/C14H27N3O2/c1-5-17(11(4)18)12-6-8-16(9-7-12)14(19)13(15)10(2)3/h10,12-13H,5-9,15H2,1-4H3. The van der Waals surface area contributed by atoms with E-state index in [9.17, 15) is 9.59 Å². The van der Waals surface area contributed by atoms with Gasteiger partial charge in [0.1, 0.15) is 0 Å². The Morgan fingerprint density at radius 3 is 2.21 bits per heavy atom. The van der Waals surface area contributed by atoms with Crippen molar-refractivity contribution in [3.63, 3.8) is 0 Å². The fourth-order valence-electron chi connectivity index (χ4n) is 2.63. The molecule has 0 spiro atoms. The lowest BCUT2D eigenvalue weighted by Crippen LogP contribution is -2.52. The van der Waals surface area contributed by atoms with E-state index in [1.54, 1.807) is 6.92 Å². The van der Waals surface area contributed by atoms with Gasteiger partial charge in [0.15, 0.2) is 0 Å². The van der Waals surface area contributed by atoms with E-state index in [2.05, 4.69) is 0 Å². The smallest absolute Gasteiger partial charge is 0.239 e. The van der Waals surface area contributed by atoms with Crippen molar-refractivity contribution in [1.29, 1.82) is 0 Å². The second-order valence-corrected chi connectivity index (χ2v) is 5.63. The van der Waals surface area contributed by atoms with Crippen LogP contribution in [0.4, 0.5) is 0 Å². The number of nitrogens with zero attached hydrogens (tertiary/aromatic N) is 2. The first-order valence-electron chi connectivity index (χ1n) is 7.20. The van der Waals surface area contributed by atoms with Crippen LogP contribution in [0, 0.1) is 5.92 Å². The maximum absolute atomic E-state index is 12.1. The lowest BCUT2D eigenvalue weighted by molar-refractivity contribution is -0.136. The highest BCUT2D eigenvalue weighted by Crippen LogP contribution is 2.18. The molecule has 0 aromatic carbocycles. The summed E-state index contributed by atoms with van der Waals surface area (Å²) < 4.78 is 0. The molecule has 1 unspecified atom stereocenters. The summed E-state index contributed by atoms with van der Waals surface area (Å²) in [5.74, 6) is 0.320. The number of carbonyl (C=O) groups is 2. The van der Waals surface area contributed by atoms with E-state index >= 15 is 0 Å². The number of likely N-dealkylation sites (tertiary alicyclic amines) is 1. The molecule has 2 N–H and O–H groups in total. The molecule has 0 aliphatic carbocycles. The minimum absolute atomic E-state index is 0.0410. The summed E-state index contributed by atoms with van der Waals surface area (Å²) in [4.78, 5) is 27.4. The molecule has 19 heavy (non-hydrogen) atoms. The molecule has 1 rings (SSSR count). The predicted octanol–water partition coefficient (Wildman–Crippen LogP) is 0.829. The van der Waals surface area contributed by atoms with E-state index < -0.39 is 6.04 Å². The van der Waals surface area contributed by atoms with E-state index in [1.807, 2.05) is 30.6 Å². The van der Waals surface area contributed by atoms with Crippen LogP contribution in [0.5, 0.6) is 0 Å². The van der Waals surface area contributed by atoms with Crippen molar-refractivity contribution >= 4 is 11.8 Å². The fraction of sp³-hybridized carbons (Fsp3) is 0.857. The first-order chi connectivity index (χ1) is 8.88. The van der Waals surface area contributed by atoms with Crippen LogP contribution in [0.3, 0.4) is 0 Å². The average molecular weight is 269 g/mol. The van der Waals surface area contributed by atoms with Gasteiger partial charge in [0, 0.05) is 32.6 Å². The van der Waals surface area contributed by atoms with Crippen LogP contribution in [0.1, 0.15) is 40.5 Å². The molecule has 5 nitrogen and oxygen atoms in total. The molecule has 1 fully saturated rings. The number of amides is 2. The maximum atomic E-state index is 12.1. The molecule has 1 atom stereocenters. The number of rotatable bonds is 4. The topological polar surface area (TPSA) is 66.6 Å². The summed E-state index contributed by atoms with van der Waals surface area (Å²) in [5, 5.41) is 0. The average Bonchev–Trinajstić information content (AvgIpc) is 2.38. The van der Waals surface area contributed by atoms with Gasteiger partial charge in [-0.05, 0) is 25.7 Å². The summed E-state index contributed by atoms with van der Waals surface area (Å²) in [6.07, 6.45) is 1.70. The largest absolute Gasteiger partial charge is 0.341 e. The second-order valence-electron chi connectivity index (χ2n) is 5.63. The molecule has 0 aromatic rings. The van der Waals surface area contributed by atoms with Gasteiger partial charge in [-0.1, -0.05) is 13.8 Å². The van der Waals surface area contributed by atoms with Gasteiger partial charge < -0.3 is 15.5 Å². The lowest BCUT2D eigenvalue weighted by Gasteiger charge is -2.38. The van der Waals surface area contributed by atoms with Crippen LogP contribution >= 0.6 is 0 Å². The highest BCUT2D eigenvalue weighted by molar-refractivity contribution is 5.82. The number of carbonyl (C=O) groups excluding carboxylic acids is 2. The van der Waals surface area contributed by atoms with Gasteiger partial charge in [0.05, 0.1) is 6.04 Å². The summed E-state index contributed by atoms with van der Waals surface area (Å²) in [6.45, 7) is 9.66. The SMILES string of the molecule is CCN(C(C)=O)C1CCN(C(=O)C(N)C(C)C)CC1. The van der Waals surface area contributed by atoms with Crippen LogP contribution in [-0.4, -0.2) is 53.3 Å². The summed E-state index contributed by atoms with van der Waals surface area (Å²) in [5.41, 5.74) is 5.90. The molecule has 1 heterocycles. The molecule has 1 aliphatic heterocycles. The Balaban J connectivity index is 2.53. The van der Waals surface area contributed by atoms with Crippen molar-refractivity contribution in [2.24, 2.45) is 11.7 Å². The molecule has 5 heteroatoms. The van der Waals surface area contributed by atoms with Gasteiger partial charge in [-0.3, -0.25) is 9.59 Å². The van der Waals surface area contributed by atoms with E-state index in [4.69, 9.17) is 5.73 Å². The second kappa shape index (κ2) is 6.89. The Kier molecular flexibility index (Phi) is 5.79. The number of nitrogens with two attached hydrogens (primary N) is 1. The molecule has 110 valence electrons. The minimum Gasteiger partial charge on any atom is -0.341 e. The fourth-order valence-corrected chi connectivity index (χ4v) is 2.63. The van der Waals surface area contributed by atoms with Crippen LogP contribution in [0.15, 0.2) is 0 Å². The third kappa shape index (κ3) is 3.93. The van der Waals surface area contributed by atoms with E-state index in [0.717, 1.165) is 19.4 Å². The number of piperidine rings is 1. The third-order valence-corrected chi connectivity index (χ3v) is 3.97. The summed E-state index contributed by atoms with van der Waals surface area (Å²) in [6, 6.07) is -0.145. The van der Waals surface area contributed by atoms with Gasteiger partial charge >= 0.3 is 0 Å². The zero-order valence-corrected chi connectivity index (χ0v) is 12.6. The van der Waals surface area contributed by atoms with E-state index in [0.29, 0.717) is 13.1 Å². The van der Waals surface area contributed by atoms with Crippen LogP contribution in [0.25, 0.3) is 0 Å². The summed E-state index contributed by atoms with van der Waals surface area (Å²) >= 11 is 0. The van der Waals surface area contributed by atoms with Crippen molar-refractivity contribution in [3.05, 3.63) is 0 Å². The van der Waals surface area contributed by atoms with Crippen molar-refractivity contribution in [3.8, 4) is 0 Å².